The molecular weight excluding hydrogens is 220 g/mol. The minimum atomic E-state index is 0.292. The Balaban J connectivity index is 3.13. The molecule has 0 nitrogen and oxygen atoms in total. The van der Waals surface area contributed by atoms with Crippen molar-refractivity contribution in [2.45, 2.75) is 33.1 Å². The van der Waals surface area contributed by atoms with Crippen LogP contribution in [0, 0.1) is 6.92 Å². The maximum atomic E-state index is 3.49. The maximum absolute atomic E-state index is 3.49. The van der Waals surface area contributed by atoms with Gasteiger partial charge >= 0.3 is 0 Å². The summed E-state index contributed by atoms with van der Waals surface area (Å²) in [5.74, 6) is 0. The summed E-state index contributed by atoms with van der Waals surface area (Å²) in [5, 5.41) is 0. The zero-order valence-corrected chi connectivity index (χ0v) is 9.77. The van der Waals surface area contributed by atoms with E-state index in [-0.39, 0.29) is 0 Å². The highest BCUT2D eigenvalue weighted by molar-refractivity contribution is 9.11. The van der Waals surface area contributed by atoms with Gasteiger partial charge in [0.2, 0.25) is 0 Å². The van der Waals surface area contributed by atoms with Crippen molar-refractivity contribution in [1.82, 2.24) is 0 Å². The molecule has 0 amide bonds. The third-order valence-electron chi connectivity index (χ3n) is 1.57. The van der Waals surface area contributed by atoms with Crippen molar-refractivity contribution < 1.29 is 0 Å². The minimum absolute atomic E-state index is 0.292. The molecule has 0 aliphatic carbocycles. The predicted octanol–water partition coefficient (Wildman–Crippen LogP) is 4.12. The molecule has 11 heavy (non-hydrogen) atoms. The van der Waals surface area contributed by atoms with Gasteiger partial charge in [-0.1, -0.05) is 20.8 Å². The summed E-state index contributed by atoms with van der Waals surface area (Å²) in [4.78, 5) is 1.48. The van der Waals surface area contributed by atoms with Gasteiger partial charge in [0.1, 0.15) is 0 Å². The molecule has 0 N–H and O–H groups in total. The maximum Gasteiger partial charge on any atom is 0.0704 e. The lowest BCUT2D eigenvalue weighted by Crippen LogP contribution is -2.09. The molecule has 0 unspecified atom stereocenters. The van der Waals surface area contributed by atoms with Crippen LogP contribution in [-0.4, -0.2) is 0 Å². The molecule has 1 aromatic rings. The molecule has 0 saturated carbocycles. The average molecular weight is 233 g/mol. The number of thiophene rings is 1. The van der Waals surface area contributed by atoms with Crippen LogP contribution in [0.5, 0.6) is 0 Å². The number of rotatable bonds is 0. The molecule has 0 fully saturated rings. The molecule has 0 bridgehead atoms. The lowest BCUT2D eigenvalue weighted by Gasteiger charge is -2.17. The fourth-order valence-corrected chi connectivity index (χ4v) is 2.97. The molecule has 0 saturated heterocycles. The van der Waals surface area contributed by atoms with E-state index in [1.165, 1.54) is 14.2 Å². The van der Waals surface area contributed by atoms with Gasteiger partial charge in [0.05, 0.1) is 3.79 Å². The largest absolute Gasteiger partial charge is 0.132 e. The highest BCUT2D eigenvalue weighted by Crippen LogP contribution is 2.35. The summed E-state index contributed by atoms with van der Waals surface area (Å²) >= 11 is 5.33. The van der Waals surface area contributed by atoms with Crippen molar-refractivity contribution >= 4 is 27.3 Å². The second-order valence-corrected chi connectivity index (χ2v) is 6.24. The lowest BCUT2D eigenvalue weighted by molar-refractivity contribution is 0.600. The molecule has 0 radical (unpaired) electrons. The van der Waals surface area contributed by atoms with Crippen LogP contribution in [0.2, 0.25) is 0 Å². The lowest BCUT2D eigenvalue weighted by atomic mass is 9.92. The second kappa shape index (κ2) is 2.91. The van der Waals surface area contributed by atoms with Gasteiger partial charge in [0.25, 0.3) is 0 Å². The van der Waals surface area contributed by atoms with E-state index in [0.717, 1.165) is 0 Å². The van der Waals surface area contributed by atoms with Crippen LogP contribution in [0.3, 0.4) is 0 Å². The molecule has 0 spiro atoms. The van der Waals surface area contributed by atoms with Crippen LogP contribution < -0.4 is 0 Å². The van der Waals surface area contributed by atoms with Gasteiger partial charge in [0, 0.05) is 4.88 Å². The van der Waals surface area contributed by atoms with E-state index in [1.807, 2.05) is 11.3 Å². The minimum Gasteiger partial charge on any atom is -0.132 e. The fraction of sp³-hybridized carbons (Fsp3) is 0.556. The van der Waals surface area contributed by atoms with Crippen LogP contribution in [0.1, 0.15) is 31.2 Å². The summed E-state index contributed by atoms with van der Waals surface area (Å²) < 4.78 is 1.24. The smallest absolute Gasteiger partial charge is 0.0704 e. The van der Waals surface area contributed by atoms with Crippen molar-refractivity contribution in [1.29, 1.82) is 0 Å². The Morgan fingerprint density at radius 3 is 2.09 bits per heavy atom. The standard InChI is InChI=1S/C9H13BrS/c1-6-5-7(10)11-8(6)9(2,3)4/h5H,1-4H3. The quantitative estimate of drug-likeness (QED) is 0.632. The van der Waals surface area contributed by atoms with Gasteiger partial charge in [-0.3, -0.25) is 0 Å². The number of halogens is 1. The van der Waals surface area contributed by atoms with Gasteiger partial charge in [-0.05, 0) is 39.9 Å². The average Bonchev–Trinajstić information content (AvgIpc) is 2.08. The Kier molecular flexibility index (Phi) is 2.45. The van der Waals surface area contributed by atoms with Crippen molar-refractivity contribution in [3.05, 3.63) is 20.3 Å². The topological polar surface area (TPSA) is 0 Å². The van der Waals surface area contributed by atoms with Crippen LogP contribution >= 0.6 is 27.3 Å². The second-order valence-electron chi connectivity index (χ2n) is 3.81. The fourth-order valence-electron chi connectivity index (χ4n) is 1.19. The highest BCUT2D eigenvalue weighted by atomic mass is 79.9. The van der Waals surface area contributed by atoms with E-state index in [1.54, 1.807) is 0 Å². The Hall–Kier alpha value is 0.180. The van der Waals surface area contributed by atoms with Gasteiger partial charge in [-0.25, -0.2) is 0 Å². The van der Waals surface area contributed by atoms with E-state index in [0.29, 0.717) is 5.41 Å². The molecule has 1 rings (SSSR count). The van der Waals surface area contributed by atoms with Crippen molar-refractivity contribution in [2.24, 2.45) is 0 Å². The van der Waals surface area contributed by atoms with Crippen LogP contribution in [0.25, 0.3) is 0 Å². The molecule has 2 heteroatoms. The van der Waals surface area contributed by atoms with Crippen molar-refractivity contribution in [2.75, 3.05) is 0 Å². The van der Waals surface area contributed by atoms with Crippen molar-refractivity contribution in [3.63, 3.8) is 0 Å². The third-order valence-corrected chi connectivity index (χ3v) is 3.73. The molecule has 0 atom stereocenters. The van der Waals surface area contributed by atoms with E-state index in [4.69, 9.17) is 0 Å². The molecule has 1 heterocycles. The molecular formula is C9H13BrS. The summed E-state index contributed by atoms with van der Waals surface area (Å²) in [6.07, 6.45) is 0. The van der Waals surface area contributed by atoms with E-state index in [2.05, 4.69) is 49.7 Å². The SMILES string of the molecule is Cc1cc(Br)sc1C(C)(C)C. The van der Waals surface area contributed by atoms with E-state index in [9.17, 15) is 0 Å². The summed E-state index contributed by atoms with van der Waals surface area (Å²) in [6, 6.07) is 2.19. The monoisotopic (exact) mass is 232 g/mol. The predicted molar refractivity (Wildman–Crippen MR) is 55.5 cm³/mol. The van der Waals surface area contributed by atoms with Gasteiger partial charge < -0.3 is 0 Å². The normalized spacial score (nSPS) is 12.1. The number of hydrogen-bond acceptors (Lipinski definition) is 1. The first-order valence-electron chi connectivity index (χ1n) is 3.67. The van der Waals surface area contributed by atoms with Gasteiger partial charge in [-0.15, -0.1) is 11.3 Å². The Labute approximate surface area is 80.8 Å². The van der Waals surface area contributed by atoms with Crippen molar-refractivity contribution in [3.8, 4) is 0 Å². The first-order valence-corrected chi connectivity index (χ1v) is 5.28. The molecule has 0 aromatic carbocycles. The van der Waals surface area contributed by atoms with Crippen LogP contribution in [0.4, 0.5) is 0 Å². The number of hydrogen-bond donors (Lipinski definition) is 0. The Morgan fingerprint density at radius 1 is 1.36 bits per heavy atom. The molecule has 0 aliphatic heterocycles. The summed E-state index contributed by atoms with van der Waals surface area (Å²) in [5.41, 5.74) is 1.69. The molecule has 0 aliphatic rings. The number of aryl methyl sites for hydroxylation is 1. The zero-order chi connectivity index (χ0) is 8.65. The molecule has 1 aromatic heterocycles. The van der Waals surface area contributed by atoms with Crippen LogP contribution in [-0.2, 0) is 5.41 Å². The van der Waals surface area contributed by atoms with E-state index >= 15 is 0 Å². The summed E-state index contributed by atoms with van der Waals surface area (Å²) in [6.45, 7) is 8.91. The Bertz CT molecular complexity index is 255. The Morgan fingerprint density at radius 2 is 1.91 bits per heavy atom. The third kappa shape index (κ3) is 2.06. The van der Waals surface area contributed by atoms with Crippen LogP contribution in [0.15, 0.2) is 9.85 Å². The van der Waals surface area contributed by atoms with Gasteiger partial charge in [0.15, 0.2) is 0 Å². The highest BCUT2D eigenvalue weighted by Gasteiger charge is 2.18. The summed E-state index contributed by atoms with van der Waals surface area (Å²) in [7, 11) is 0. The van der Waals surface area contributed by atoms with E-state index < -0.39 is 0 Å². The first-order chi connectivity index (χ1) is 4.91. The first kappa shape index (κ1) is 9.27. The zero-order valence-electron chi connectivity index (χ0n) is 7.36. The molecule has 62 valence electrons. The van der Waals surface area contributed by atoms with Gasteiger partial charge in [-0.2, -0.15) is 0 Å².